The molecule has 5 rings (SSSR count). The molecule has 2 aromatic carbocycles. The lowest BCUT2D eigenvalue weighted by molar-refractivity contribution is -0.383. The van der Waals surface area contributed by atoms with Crippen LogP contribution in [0.1, 0.15) is 44.7 Å². The summed E-state index contributed by atoms with van der Waals surface area (Å²) in [6.45, 7) is 3.68. The van der Waals surface area contributed by atoms with Crippen LogP contribution in [0, 0.1) is 29.8 Å². The third-order valence-electron chi connectivity index (χ3n) is 5.47. The maximum Gasteiger partial charge on any atom is 0.300 e. The van der Waals surface area contributed by atoms with E-state index in [0.29, 0.717) is 11.3 Å². The number of nitrogens with zero attached hydrogens (tertiary/aromatic N) is 5. The first-order chi connectivity index (χ1) is 15.3. The molecule has 0 spiro atoms. The molecule has 4 aromatic rings. The molecule has 1 amide bonds. The van der Waals surface area contributed by atoms with Crippen molar-refractivity contribution in [3.63, 3.8) is 0 Å². The van der Waals surface area contributed by atoms with E-state index < -0.39 is 16.6 Å². The van der Waals surface area contributed by atoms with E-state index in [1.807, 2.05) is 13.8 Å². The highest BCUT2D eigenvalue weighted by Crippen LogP contribution is 2.47. The minimum atomic E-state index is -0.594. The van der Waals surface area contributed by atoms with Crippen LogP contribution in [0.15, 0.2) is 35.0 Å². The van der Waals surface area contributed by atoms with Gasteiger partial charge < -0.3 is 0 Å². The van der Waals surface area contributed by atoms with Crippen LogP contribution >= 0.6 is 11.3 Å². The lowest BCUT2D eigenvalue weighted by Crippen LogP contribution is -2.27. The van der Waals surface area contributed by atoms with E-state index in [1.165, 1.54) is 46.6 Å². The molecule has 0 unspecified atom stereocenters. The lowest BCUT2D eigenvalue weighted by Gasteiger charge is -2.24. The molecule has 9 nitrogen and oxygen atoms in total. The number of aromatic nitrogens is 3. The van der Waals surface area contributed by atoms with Crippen LogP contribution in [-0.2, 0) is 0 Å². The molecule has 0 atom stereocenters. The van der Waals surface area contributed by atoms with Gasteiger partial charge in [0.05, 0.1) is 22.0 Å². The number of amides is 1. The zero-order valence-corrected chi connectivity index (χ0v) is 17.9. The fourth-order valence-corrected chi connectivity index (χ4v) is 4.47. The first kappa shape index (κ1) is 20.2. The molecule has 11 heteroatoms. The van der Waals surface area contributed by atoms with Crippen LogP contribution in [0.4, 0.5) is 21.5 Å². The summed E-state index contributed by atoms with van der Waals surface area (Å²) in [6.07, 6.45) is 1.77. The number of benzene rings is 2. The Hall–Kier alpha value is -3.73. The molecule has 1 fully saturated rings. The normalized spacial score (nSPS) is 13.5. The molecule has 2 heterocycles. The predicted molar refractivity (Wildman–Crippen MR) is 115 cm³/mol. The van der Waals surface area contributed by atoms with E-state index in [9.17, 15) is 19.3 Å². The van der Waals surface area contributed by atoms with Crippen LogP contribution in [0.25, 0.3) is 11.0 Å². The number of nitro benzene ring substituents is 1. The zero-order chi connectivity index (χ0) is 22.6. The standard InChI is InChI=1S/C21H16FN5O4S/c1-10-11(2)32-20(23-10)21(28)26(15-6-5-13(22)9-14(15)12-3-4-12)16-7-8-17(27(29)30)19-18(16)24-31-25-19/h5-9,12H,3-4H2,1-2H3. The number of non-ortho nitro benzene ring substituents is 1. The van der Waals surface area contributed by atoms with Crippen molar-refractivity contribution in [1.29, 1.82) is 0 Å². The quantitative estimate of drug-likeness (QED) is 0.301. The Morgan fingerprint density at radius 3 is 2.56 bits per heavy atom. The average Bonchev–Trinajstić information content (AvgIpc) is 3.39. The molecular formula is C21H16FN5O4S. The van der Waals surface area contributed by atoms with Gasteiger partial charge in [0.25, 0.3) is 5.91 Å². The predicted octanol–water partition coefficient (Wildman–Crippen LogP) is 5.20. The van der Waals surface area contributed by atoms with Crippen molar-refractivity contribution in [2.45, 2.75) is 32.6 Å². The maximum atomic E-state index is 14.1. The summed E-state index contributed by atoms with van der Waals surface area (Å²) in [4.78, 5) is 31.2. The van der Waals surface area contributed by atoms with Gasteiger partial charge in [0.2, 0.25) is 5.52 Å². The first-order valence-electron chi connectivity index (χ1n) is 9.82. The molecule has 2 aromatic heterocycles. The second-order valence-electron chi connectivity index (χ2n) is 7.60. The Kier molecular flexibility index (Phi) is 4.70. The number of aryl methyl sites for hydroxylation is 2. The van der Waals surface area contributed by atoms with Crippen LogP contribution in [0.2, 0.25) is 0 Å². The number of fused-ring (bicyclic) bond motifs is 1. The summed E-state index contributed by atoms with van der Waals surface area (Å²) in [7, 11) is 0. The number of carbonyl (C=O) groups excluding carboxylic acids is 1. The number of hydrogen-bond donors (Lipinski definition) is 0. The molecule has 0 bridgehead atoms. The largest absolute Gasteiger partial charge is 0.300 e. The highest BCUT2D eigenvalue weighted by Gasteiger charge is 2.34. The zero-order valence-electron chi connectivity index (χ0n) is 17.0. The highest BCUT2D eigenvalue weighted by atomic mass is 32.1. The summed E-state index contributed by atoms with van der Waals surface area (Å²) < 4.78 is 18.9. The van der Waals surface area contributed by atoms with Crippen LogP contribution in [0.5, 0.6) is 0 Å². The minimum Gasteiger partial charge on any atom is -0.272 e. The average molecular weight is 453 g/mol. The van der Waals surface area contributed by atoms with Crippen molar-refractivity contribution < 1.29 is 18.7 Å². The SMILES string of the molecule is Cc1nc(C(=O)N(c2ccc(F)cc2C2CC2)c2ccc([N+](=O)[O-])c3nonc23)sc1C. The molecule has 162 valence electrons. The highest BCUT2D eigenvalue weighted by molar-refractivity contribution is 7.13. The monoisotopic (exact) mass is 453 g/mol. The van der Waals surface area contributed by atoms with Gasteiger partial charge in [0, 0.05) is 10.9 Å². The Morgan fingerprint density at radius 1 is 1.19 bits per heavy atom. The van der Waals surface area contributed by atoms with Gasteiger partial charge in [-0.2, -0.15) is 0 Å². The Balaban J connectivity index is 1.76. The molecular weight excluding hydrogens is 437 g/mol. The molecule has 1 aliphatic carbocycles. The van der Waals surface area contributed by atoms with Gasteiger partial charge >= 0.3 is 5.69 Å². The Bertz CT molecular complexity index is 1370. The third-order valence-corrected chi connectivity index (χ3v) is 6.53. The summed E-state index contributed by atoms with van der Waals surface area (Å²) in [5.41, 5.74) is 1.83. The fraction of sp³-hybridized carbons (Fsp3) is 0.238. The molecule has 0 radical (unpaired) electrons. The molecule has 0 N–H and O–H groups in total. The van der Waals surface area contributed by atoms with E-state index in [-0.39, 0.29) is 33.3 Å². The van der Waals surface area contributed by atoms with E-state index >= 15 is 0 Å². The van der Waals surface area contributed by atoms with Crippen LogP contribution in [0.3, 0.4) is 0 Å². The number of anilines is 2. The van der Waals surface area contributed by atoms with Gasteiger partial charge in [-0.25, -0.2) is 14.0 Å². The third kappa shape index (κ3) is 3.30. The number of halogens is 1. The van der Waals surface area contributed by atoms with E-state index in [0.717, 1.165) is 23.4 Å². The van der Waals surface area contributed by atoms with Crippen molar-refractivity contribution in [2.24, 2.45) is 0 Å². The van der Waals surface area contributed by atoms with Gasteiger partial charge in [0.1, 0.15) is 5.82 Å². The topological polar surface area (TPSA) is 115 Å². The smallest absolute Gasteiger partial charge is 0.272 e. The van der Waals surface area contributed by atoms with E-state index in [4.69, 9.17) is 4.63 Å². The van der Waals surface area contributed by atoms with Gasteiger partial charge in [-0.3, -0.25) is 19.8 Å². The summed E-state index contributed by atoms with van der Waals surface area (Å²) in [5, 5.41) is 19.2. The number of carbonyl (C=O) groups is 1. The summed E-state index contributed by atoms with van der Waals surface area (Å²) in [6, 6.07) is 6.92. The number of hydrogen-bond acceptors (Lipinski definition) is 8. The van der Waals surface area contributed by atoms with Gasteiger partial charge in [-0.05, 0) is 72.7 Å². The van der Waals surface area contributed by atoms with Gasteiger partial charge in [-0.1, -0.05) is 0 Å². The fourth-order valence-electron chi connectivity index (χ4n) is 3.63. The Morgan fingerprint density at radius 2 is 1.91 bits per heavy atom. The van der Waals surface area contributed by atoms with Crippen molar-refractivity contribution in [3.05, 3.63) is 67.4 Å². The number of nitro groups is 1. The van der Waals surface area contributed by atoms with E-state index in [2.05, 4.69) is 15.3 Å². The number of rotatable bonds is 5. The van der Waals surface area contributed by atoms with Gasteiger partial charge in [0.15, 0.2) is 10.5 Å². The molecule has 0 saturated heterocycles. The second kappa shape index (κ2) is 7.45. The minimum absolute atomic E-state index is 0.0589. The van der Waals surface area contributed by atoms with Crippen molar-refractivity contribution in [2.75, 3.05) is 4.90 Å². The molecule has 1 aliphatic rings. The summed E-state index contributed by atoms with van der Waals surface area (Å²) in [5.74, 6) is -0.724. The molecule has 32 heavy (non-hydrogen) atoms. The van der Waals surface area contributed by atoms with Crippen molar-refractivity contribution in [1.82, 2.24) is 15.3 Å². The lowest BCUT2D eigenvalue weighted by atomic mass is 10.1. The maximum absolute atomic E-state index is 14.1. The summed E-state index contributed by atoms with van der Waals surface area (Å²) >= 11 is 1.24. The first-order valence-corrected chi connectivity index (χ1v) is 10.6. The Labute approximate surface area is 184 Å². The van der Waals surface area contributed by atoms with Crippen molar-refractivity contribution >= 4 is 45.3 Å². The van der Waals surface area contributed by atoms with Gasteiger partial charge in [-0.15, -0.1) is 11.3 Å². The second-order valence-corrected chi connectivity index (χ2v) is 8.80. The molecule has 0 aliphatic heterocycles. The van der Waals surface area contributed by atoms with Crippen LogP contribution < -0.4 is 4.90 Å². The van der Waals surface area contributed by atoms with Crippen LogP contribution in [-0.4, -0.2) is 26.1 Å². The van der Waals surface area contributed by atoms with Crippen molar-refractivity contribution in [3.8, 4) is 0 Å². The number of thiazole rings is 1. The van der Waals surface area contributed by atoms with E-state index in [1.54, 1.807) is 0 Å². The molecule has 1 saturated carbocycles.